The van der Waals surface area contributed by atoms with Crippen LogP contribution in [-0.4, -0.2) is 52.7 Å². The SMILES string of the molecule is O=C1N([C@H]2CC[C@H](O)CC2)CC[C@@]12CCCN(c1ncccc1F)C2. The molecule has 1 saturated carbocycles. The summed E-state index contributed by atoms with van der Waals surface area (Å²) >= 11 is 0. The Kier molecular flexibility index (Phi) is 4.40. The molecular formula is C19H26FN3O2. The third-order valence-electron chi connectivity index (χ3n) is 6.27. The number of piperidine rings is 1. The van der Waals surface area contributed by atoms with Gasteiger partial charge in [0.2, 0.25) is 5.91 Å². The van der Waals surface area contributed by atoms with Gasteiger partial charge >= 0.3 is 0 Å². The van der Waals surface area contributed by atoms with E-state index in [1.54, 1.807) is 12.3 Å². The van der Waals surface area contributed by atoms with E-state index >= 15 is 0 Å². The molecule has 4 rings (SSSR count). The minimum atomic E-state index is -0.391. The molecule has 3 fully saturated rings. The third-order valence-corrected chi connectivity index (χ3v) is 6.27. The molecule has 1 aliphatic carbocycles. The number of hydrogen-bond donors (Lipinski definition) is 1. The molecular weight excluding hydrogens is 321 g/mol. The minimum absolute atomic E-state index is 0.208. The van der Waals surface area contributed by atoms with Crippen LogP contribution in [-0.2, 0) is 4.79 Å². The highest BCUT2D eigenvalue weighted by atomic mass is 19.1. The van der Waals surface area contributed by atoms with Gasteiger partial charge in [-0.25, -0.2) is 9.37 Å². The van der Waals surface area contributed by atoms with Gasteiger partial charge in [0.25, 0.3) is 0 Å². The van der Waals surface area contributed by atoms with Crippen LogP contribution in [0.1, 0.15) is 44.9 Å². The summed E-state index contributed by atoms with van der Waals surface area (Å²) in [6.07, 6.45) is 7.36. The number of aliphatic hydroxyl groups excluding tert-OH is 1. The highest BCUT2D eigenvalue weighted by Crippen LogP contribution is 2.43. The number of aromatic nitrogens is 1. The lowest BCUT2D eigenvalue weighted by molar-refractivity contribution is -0.139. The number of rotatable bonds is 2. The molecule has 25 heavy (non-hydrogen) atoms. The molecule has 1 spiro atoms. The number of anilines is 1. The summed E-state index contributed by atoms with van der Waals surface area (Å²) in [6, 6.07) is 3.29. The molecule has 136 valence electrons. The summed E-state index contributed by atoms with van der Waals surface area (Å²) in [5.41, 5.74) is -0.391. The Hall–Kier alpha value is -1.69. The van der Waals surface area contributed by atoms with Crippen LogP contribution in [0.25, 0.3) is 0 Å². The van der Waals surface area contributed by atoms with Crippen molar-refractivity contribution in [1.29, 1.82) is 0 Å². The van der Waals surface area contributed by atoms with Crippen LogP contribution in [0.2, 0.25) is 0 Å². The molecule has 1 atom stereocenters. The average Bonchev–Trinajstić information content (AvgIpc) is 2.92. The smallest absolute Gasteiger partial charge is 0.230 e. The van der Waals surface area contributed by atoms with Crippen molar-refractivity contribution in [1.82, 2.24) is 9.88 Å². The number of pyridine rings is 1. The summed E-state index contributed by atoms with van der Waals surface area (Å²) in [6.45, 7) is 2.10. The van der Waals surface area contributed by atoms with E-state index in [0.29, 0.717) is 12.4 Å². The van der Waals surface area contributed by atoms with Crippen LogP contribution in [0.3, 0.4) is 0 Å². The van der Waals surface area contributed by atoms with Crippen LogP contribution in [0.15, 0.2) is 18.3 Å². The fraction of sp³-hybridized carbons (Fsp3) is 0.684. The van der Waals surface area contributed by atoms with Crippen molar-refractivity contribution in [3.05, 3.63) is 24.1 Å². The molecule has 6 heteroatoms. The first-order valence-corrected chi connectivity index (χ1v) is 9.44. The number of aliphatic hydroxyl groups is 1. The van der Waals surface area contributed by atoms with Gasteiger partial charge in [-0.2, -0.15) is 0 Å². The standard InChI is InChI=1S/C19H26FN3O2/c20-16-3-1-10-21-17(16)22-11-2-8-19(13-22)9-12-23(18(19)25)14-4-6-15(24)7-5-14/h1,3,10,14-15,24H,2,4-9,11-13H2/t14-,15-,19-/m1/s1. The first kappa shape index (κ1) is 16.8. The Bertz CT molecular complexity index is 647. The van der Waals surface area contributed by atoms with Gasteiger partial charge in [0.05, 0.1) is 11.5 Å². The second kappa shape index (κ2) is 6.56. The van der Waals surface area contributed by atoms with E-state index < -0.39 is 5.41 Å². The Morgan fingerprint density at radius 1 is 1.20 bits per heavy atom. The quantitative estimate of drug-likeness (QED) is 0.892. The molecule has 3 heterocycles. The van der Waals surface area contributed by atoms with Crippen molar-refractivity contribution in [3.8, 4) is 0 Å². The van der Waals surface area contributed by atoms with Gasteiger partial charge in [-0.1, -0.05) is 0 Å². The van der Waals surface area contributed by atoms with E-state index in [9.17, 15) is 14.3 Å². The first-order valence-electron chi connectivity index (χ1n) is 9.44. The molecule has 1 amide bonds. The summed E-state index contributed by atoms with van der Waals surface area (Å²) < 4.78 is 14.1. The first-order chi connectivity index (χ1) is 12.1. The van der Waals surface area contributed by atoms with Crippen LogP contribution in [0, 0.1) is 11.2 Å². The van der Waals surface area contributed by atoms with E-state index in [2.05, 4.69) is 4.98 Å². The van der Waals surface area contributed by atoms with Gasteiger partial charge in [0.15, 0.2) is 11.6 Å². The zero-order valence-electron chi connectivity index (χ0n) is 14.5. The van der Waals surface area contributed by atoms with Crippen molar-refractivity contribution >= 4 is 11.7 Å². The van der Waals surface area contributed by atoms with Crippen molar-refractivity contribution in [3.63, 3.8) is 0 Å². The maximum absolute atomic E-state index is 14.1. The zero-order valence-corrected chi connectivity index (χ0v) is 14.5. The Morgan fingerprint density at radius 3 is 2.76 bits per heavy atom. The third kappa shape index (κ3) is 3.01. The van der Waals surface area contributed by atoms with Gasteiger partial charge in [0, 0.05) is 31.9 Å². The highest BCUT2D eigenvalue weighted by molar-refractivity contribution is 5.86. The predicted molar refractivity (Wildman–Crippen MR) is 92.7 cm³/mol. The van der Waals surface area contributed by atoms with E-state index in [1.165, 1.54) is 6.07 Å². The monoisotopic (exact) mass is 347 g/mol. The molecule has 0 bridgehead atoms. The number of carbonyl (C=O) groups is 1. The predicted octanol–water partition coefficient (Wildman–Crippen LogP) is 2.34. The molecule has 0 aromatic carbocycles. The molecule has 5 nitrogen and oxygen atoms in total. The van der Waals surface area contributed by atoms with Gasteiger partial charge in [-0.15, -0.1) is 0 Å². The Balaban J connectivity index is 1.50. The summed E-state index contributed by atoms with van der Waals surface area (Å²) in [7, 11) is 0. The Labute approximate surface area is 147 Å². The minimum Gasteiger partial charge on any atom is -0.393 e. The maximum atomic E-state index is 14.1. The zero-order chi connectivity index (χ0) is 17.4. The van der Waals surface area contributed by atoms with Crippen LogP contribution >= 0.6 is 0 Å². The molecule has 1 aromatic rings. The van der Waals surface area contributed by atoms with Crippen molar-refractivity contribution in [2.75, 3.05) is 24.5 Å². The van der Waals surface area contributed by atoms with Gasteiger partial charge in [-0.05, 0) is 57.1 Å². The largest absolute Gasteiger partial charge is 0.393 e. The van der Waals surface area contributed by atoms with E-state index in [4.69, 9.17) is 0 Å². The number of hydrogen-bond acceptors (Lipinski definition) is 4. The lowest BCUT2D eigenvalue weighted by atomic mass is 9.78. The average molecular weight is 347 g/mol. The van der Waals surface area contributed by atoms with Gasteiger partial charge < -0.3 is 14.9 Å². The van der Waals surface area contributed by atoms with E-state index in [1.807, 2.05) is 9.80 Å². The fourth-order valence-corrected chi connectivity index (χ4v) is 4.87. The summed E-state index contributed by atoms with van der Waals surface area (Å²) in [4.78, 5) is 21.4. The van der Waals surface area contributed by atoms with Crippen LogP contribution in [0.5, 0.6) is 0 Å². The van der Waals surface area contributed by atoms with Crippen molar-refractivity contribution < 1.29 is 14.3 Å². The number of amides is 1. The number of halogens is 1. The number of likely N-dealkylation sites (tertiary alicyclic amines) is 1. The van der Waals surface area contributed by atoms with Gasteiger partial charge in [-0.3, -0.25) is 4.79 Å². The second-order valence-corrected chi connectivity index (χ2v) is 7.83. The fourth-order valence-electron chi connectivity index (χ4n) is 4.87. The molecule has 2 aliphatic heterocycles. The molecule has 2 saturated heterocycles. The molecule has 0 unspecified atom stereocenters. The van der Waals surface area contributed by atoms with Crippen molar-refractivity contribution in [2.45, 2.75) is 57.1 Å². The van der Waals surface area contributed by atoms with Crippen molar-refractivity contribution in [2.24, 2.45) is 5.41 Å². The molecule has 3 aliphatic rings. The highest BCUT2D eigenvalue weighted by Gasteiger charge is 2.51. The van der Waals surface area contributed by atoms with Crippen LogP contribution in [0.4, 0.5) is 10.2 Å². The van der Waals surface area contributed by atoms with E-state index in [0.717, 1.165) is 58.0 Å². The topological polar surface area (TPSA) is 56.7 Å². The number of nitrogens with zero attached hydrogens (tertiary/aromatic N) is 3. The molecule has 0 radical (unpaired) electrons. The summed E-state index contributed by atoms with van der Waals surface area (Å²) in [5.74, 6) is 0.284. The second-order valence-electron chi connectivity index (χ2n) is 7.83. The van der Waals surface area contributed by atoms with Crippen LogP contribution < -0.4 is 4.90 Å². The Morgan fingerprint density at radius 2 is 2.00 bits per heavy atom. The lowest BCUT2D eigenvalue weighted by Gasteiger charge is -2.41. The summed E-state index contributed by atoms with van der Waals surface area (Å²) in [5, 5.41) is 9.71. The van der Waals surface area contributed by atoms with Gasteiger partial charge in [0.1, 0.15) is 0 Å². The number of carbonyl (C=O) groups excluding carboxylic acids is 1. The molecule has 1 N–H and O–H groups in total. The normalized spacial score (nSPS) is 33.3. The maximum Gasteiger partial charge on any atom is 0.230 e. The lowest BCUT2D eigenvalue weighted by Crippen LogP contribution is -2.50. The molecule has 1 aromatic heterocycles. The van der Waals surface area contributed by atoms with E-state index in [-0.39, 0.29) is 23.9 Å².